The average Bonchev–Trinajstić information content (AvgIpc) is 3.21. The molecule has 0 N–H and O–H groups in total. The number of amides is 1. The van der Waals surface area contributed by atoms with E-state index >= 15 is 0 Å². The first kappa shape index (κ1) is 19.1. The van der Waals surface area contributed by atoms with Crippen LogP contribution in [0.15, 0.2) is 96.1 Å². The Morgan fingerprint density at radius 2 is 1.52 bits per heavy atom. The van der Waals surface area contributed by atoms with Crippen LogP contribution in [-0.2, 0) is 11.3 Å². The summed E-state index contributed by atoms with van der Waals surface area (Å²) in [6.45, 7) is 1.05. The molecule has 3 aromatic rings. The van der Waals surface area contributed by atoms with Crippen LogP contribution in [0.2, 0.25) is 0 Å². The van der Waals surface area contributed by atoms with Crippen LogP contribution < -0.4 is 0 Å². The second-order valence-electron chi connectivity index (χ2n) is 7.44. The number of hydrogen-bond donors (Lipinski definition) is 0. The maximum atomic E-state index is 13.2. The first-order valence-electron chi connectivity index (χ1n) is 9.93. The number of rotatable bonds is 6. The van der Waals surface area contributed by atoms with E-state index in [1.54, 1.807) is 5.01 Å². The predicted octanol–water partition coefficient (Wildman–Crippen LogP) is 4.50. The molecule has 1 heterocycles. The Labute approximate surface area is 172 Å². The minimum absolute atomic E-state index is 0.0169. The van der Waals surface area contributed by atoms with E-state index < -0.39 is 0 Å². The molecule has 1 aliphatic heterocycles. The summed E-state index contributed by atoms with van der Waals surface area (Å²) in [6, 6.07) is 30.4. The Hall–Kier alpha value is -3.24. The Balaban J connectivity index is 1.54. The average molecular weight is 383 g/mol. The normalized spacial score (nSPS) is 16.1. The summed E-state index contributed by atoms with van der Waals surface area (Å²) in [5, 5.41) is 6.43. The second-order valence-corrected chi connectivity index (χ2v) is 7.44. The van der Waals surface area contributed by atoms with Gasteiger partial charge in [0, 0.05) is 13.0 Å². The van der Waals surface area contributed by atoms with Crippen molar-refractivity contribution >= 4 is 11.6 Å². The van der Waals surface area contributed by atoms with E-state index in [1.807, 2.05) is 66.5 Å². The Morgan fingerprint density at radius 1 is 0.931 bits per heavy atom. The van der Waals surface area contributed by atoms with Gasteiger partial charge < -0.3 is 0 Å². The molecule has 29 heavy (non-hydrogen) atoms. The van der Waals surface area contributed by atoms with Gasteiger partial charge in [-0.05, 0) is 23.7 Å². The van der Waals surface area contributed by atoms with E-state index in [-0.39, 0.29) is 11.9 Å². The molecule has 146 valence electrons. The van der Waals surface area contributed by atoms with Crippen LogP contribution in [0.5, 0.6) is 0 Å². The molecule has 0 spiro atoms. The lowest BCUT2D eigenvalue weighted by Gasteiger charge is -2.24. The van der Waals surface area contributed by atoms with Gasteiger partial charge in [-0.3, -0.25) is 9.69 Å². The van der Waals surface area contributed by atoms with Crippen molar-refractivity contribution in [3.63, 3.8) is 0 Å². The molecule has 1 amide bonds. The smallest absolute Gasteiger partial charge is 0.257 e. The van der Waals surface area contributed by atoms with Gasteiger partial charge in [0.15, 0.2) is 0 Å². The highest BCUT2D eigenvalue weighted by Gasteiger charge is 2.33. The first-order chi connectivity index (χ1) is 14.2. The van der Waals surface area contributed by atoms with Crippen molar-refractivity contribution in [1.29, 1.82) is 0 Å². The highest BCUT2D eigenvalue weighted by Crippen LogP contribution is 2.32. The number of carbonyl (C=O) groups excluding carboxylic acids is 1. The van der Waals surface area contributed by atoms with Gasteiger partial charge in [0.2, 0.25) is 0 Å². The summed E-state index contributed by atoms with van der Waals surface area (Å²) in [5.74, 6) is 0.0169. The second kappa shape index (κ2) is 8.84. The van der Waals surface area contributed by atoms with Crippen molar-refractivity contribution in [2.45, 2.75) is 19.0 Å². The lowest BCUT2D eigenvalue weighted by Crippen LogP contribution is -2.36. The van der Waals surface area contributed by atoms with E-state index in [9.17, 15) is 4.79 Å². The molecule has 0 radical (unpaired) electrons. The number of hydrogen-bond acceptors (Lipinski definition) is 3. The molecular formula is C25H25N3O. The SMILES string of the molecule is CN(CC(=O)N1N=C(c2ccccc2)CC1c1ccccc1)Cc1ccccc1. The van der Waals surface area contributed by atoms with Crippen LogP contribution in [-0.4, -0.2) is 35.1 Å². The molecule has 0 bridgehead atoms. The summed E-state index contributed by atoms with van der Waals surface area (Å²) in [4.78, 5) is 15.2. The standard InChI is InChI=1S/C25H25N3O/c1-27(18-20-11-5-2-6-12-20)19-25(29)28-24(22-15-9-4-10-16-22)17-23(26-28)21-13-7-3-8-14-21/h2-16,24H,17-19H2,1H3. The molecule has 1 aliphatic rings. The molecule has 0 aromatic heterocycles. The molecule has 0 saturated carbocycles. The molecule has 1 atom stereocenters. The minimum Gasteiger partial charge on any atom is -0.293 e. The summed E-state index contributed by atoms with van der Waals surface area (Å²) < 4.78 is 0. The highest BCUT2D eigenvalue weighted by molar-refractivity contribution is 6.03. The predicted molar refractivity (Wildman–Crippen MR) is 116 cm³/mol. The molecule has 0 aliphatic carbocycles. The van der Waals surface area contributed by atoms with Crippen molar-refractivity contribution in [2.24, 2.45) is 5.10 Å². The number of likely N-dealkylation sites (N-methyl/N-ethyl adjacent to an activating group) is 1. The quantitative estimate of drug-likeness (QED) is 0.628. The summed E-state index contributed by atoms with van der Waals surface area (Å²) in [6.07, 6.45) is 0.724. The van der Waals surface area contributed by atoms with E-state index in [1.165, 1.54) is 5.56 Å². The zero-order valence-corrected chi connectivity index (χ0v) is 16.6. The lowest BCUT2D eigenvalue weighted by molar-refractivity contribution is -0.134. The molecule has 0 saturated heterocycles. The summed E-state index contributed by atoms with van der Waals surface area (Å²) in [5.41, 5.74) is 4.33. The van der Waals surface area contributed by atoms with Crippen molar-refractivity contribution in [3.05, 3.63) is 108 Å². The van der Waals surface area contributed by atoms with E-state index in [2.05, 4.69) is 36.4 Å². The maximum Gasteiger partial charge on any atom is 0.257 e. The zero-order chi connectivity index (χ0) is 20.1. The zero-order valence-electron chi connectivity index (χ0n) is 16.6. The largest absolute Gasteiger partial charge is 0.293 e. The maximum absolute atomic E-state index is 13.2. The van der Waals surface area contributed by atoms with Crippen LogP contribution in [0, 0.1) is 0 Å². The third kappa shape index (κ3) is 4.61. The summed E-state index contributed by atoms with van der Waals surface area (Å²) in [7, 11) is 1.97. The highest BCUT2D eigenvalue weighted by atomic mass is 16.2. The molecule has 4 rings (SSSR count). The van der Waals surface area contributed by atoms with Gasteiger partial charge in [-0.1, -0.05) is 91.0 Å². The molecule has 3 aromatic carbocycles. The number of nitrogens with zero attached hydrogens (tertiary/aromatic N) is 3. The Kier molecular flexibility index (Phi) is 5.82. The van der Waals surface area contributed by atoms with E-state index in [0.717, 1.165) is 29.8 Å². The van der Waals surface area contributed by atoms with Gasteiger partial charge in [0.05, 0.1) is 18.3 Å². The van der Waals surface area contributed by atoms with E-state index in [4.69, 9.17) is 5.10 Å². The van der Waals surface area contributed by atoms with Crippen molar-refractivity contribution in [1.82, 2.24) is 9.91 Å². The molecule has 4 heteroatoms. The Bertz CT molecular complexity index is 971. The topological polar surface area (TPSA) is 35.9 Å². The van der Waals surface area contributed by atoms with Crippen LogP contribution >= 0.6 is 0 Å². The van der Waals surface area contributed by atoms with Crippen LogP contribution in [0.3, 0.4) is 0 Å². The fraction of sp³-hybridized carbons (Fsp3) is 0.200. The van der Waals surface area contributed by atoms with Gasteiger partial charge in [0.1, 0.15) is 0 Å². The fourth-order valence-corrected chi connectivity index (χ4v) is 3.73. The molecular weight excluding hydrogens is 358 g/mol. The van der Waals surface area contributed by atoms with Gasteiger partial charge in [-0.2, -0.15) is 5.10 Å². The van der Waals surface area contributed by atoms with Crippen molar-refractivity contribution < 1.29 is 4.79 Å². The van der Waals surface area contributed by atoms with Gasteiger partial charge in [-0.15, -0.1) is 0 Å². The van der Waals surface area contributed by atoms with Crippen LogP contribution in [0.25, 0.3) is 0 Å². The van der Waals surface area contributed by atoms with Crippen LogP contribution in [0.4, 0.5) is 0 Å². The number of benzene rings is 3. The van der Waals surface area contributed by atoms with Crippen LogP contribution in [0.1, 0.15) is 29.2 Å². The van der Waals surface area contributed by atoms with Gasteiger partial charge >= 0.3 is 0 Å². The Morgan fingerprint density at radius 3 is 2.17 bits per heavy atom. The fourth-order valence-electron chi connectivity index (χ4n) is 3.73. The third-order valence-corrected chi connectivity index (χ3v) is 5.16. The van der Waals surface area contributed by atoms with Crippen molar-refractivity contribution in [3.8, 4) is 0 Å². The lowest BCUT2D eigenvalue weighted by atomic mass is 9.98. The first-order valence-corrected chi connectivity index (χ1v) is 9.93. The van der Waals surface area contributed by atoms with Gasteiger partial charge in [-0.25, -0.2) is 5.01 Å². The number of carbonyl (C=O) groups is 1. The van der Waals surface area contributed by atoms with Crippen molar-refractivity contribution in [2.75, 3.05) is 13.6 Å². The molecule has 4 nitrogen and oxygen atoms in total. The van der Waals surface area contributed by atoms with Gasteiger partial charge in [0.25, 0.3) is 5.91 Å². The minimum atomic E-state index is -0.0657. The van der Waals surface area contributed by atoms with E-state index in [0.29, 0.717) is 6.54 Å². The number of hydrazone groups is 1. The summed E-state index contributed by atoms with van der Waals surface area (Å²) >= 11 is 0. The third-order valence-electron chi connectivity index (χ3n) is 5.16. The molecule has 0 fully saturated rings. The monoisotopic (exact) mass is 383 g/mol. The molecule has 1 unspecified atom stereocenters.